The van der Waals surface area contributed by atoms with E-state index in [-0.39, 0.29) is 0 Å². The number of hydrogen-bond acceptors (Lipinski definition) is 5. The molecule has 0 amide bonds. The first kappa shape index (κ1) is 12.8. The van der Waals surface area contributed by atoms with Crippen LogP contribution in [0.1, 0.15) is 15.6 Å². The van der Waals surface area contributed by atoms with Crippen LogP contribution in [-0.2, 0) is 6.54 Å². The van der Waals surface area contributed by atoms with Crippen LogP contribution in [0.15, 0.2) is 36.9 Å². The maximum atomic E-state index is 4.45. The fourth-order valence-electron chi connectivity index (χ4n) is 2.07. The zero-order chi connectivity index (χ0) is 13.9. The number of nitrogens with one attached hydrogen (secondary N) is 1. The Labute approximate surface area is 121 Å². The fourth-order valence-corrected chi connectivity index (χ4v) is 2.95. The maximum absolute atomic E-state index is 4.45. The molecule has 5 nitrogen and oxygen atoms in total. The standard InChI is InChI=1S/C14H15N5S/c1-10-14(20-11(2)18-10)7-16-12-5-3-4-6-13(12)19-9-15-8-17-19/h3-6,8-9,16H,7H2,1-2H3. The first-order valence-corrected chi connectivity index (χ1v) is 7.16. The summed E-state index contributed by atoms with van der Waals surface area (Å²) in [5.41, 5.74) is 3.12. The highest BCUT2D eigenvalue weighted by Crippen LogP contribution is 2.22. The molecule has 20 heavy (non-hydrogen) atoms. The van der Waals surface area contributed by atoms with Gasteiger partial charge in [-0.3, -0.25) is 0 Å². The van der Waals surface area contributed by atoms with Crippen LogP contribution in [0.25, 0.3) is 5.69 Å². The summed E-state index contributed by atoms with van der Waals surface area (Å²) in [5.74, 6) is 0. The molecule has 2 aromatic heterocycles. The lowest BCUT2D eigenvalue weighted by Crippen LogP contribution is -2.04. The molecular weight excluding hydrogens is 270 g/mol. The Hall–Kier alpha value is -2.21. The van der Waals surface area contributed by atoms with Gasteiger partial charge in [0, 0.05) is 4.88 Å². The molecule has 0 saturated carbocycles. The van der Waals surface area contributed by atoms with Crippen LogP contribution in [0, 0.1) is 13.8 Å². The zero-order valence-corrected chi connectivity index (χ0v) is 12.2. The highest BCUT2D eigenvalue weighted by molar-refractivity contribution is 7.11. The van der Waals surface area contributed by atoms with Gasteiger partial charge in [-0.05, 0) is 26.0 Å². The highest BCUT2D eigenvalue weighted by Gasteiger charge is 2.07. The Kier molecular flexibility index (Phi) is 3.47. The molecule has 0 aliphatic carbocycles. The van der Waals surface area contributed by atoms with E-state index in [1.165, 1.54) is 11.2 Å². The quantitative estimate of drug-likeness (QED) is 0.800. The van der Waals surface area contributed by atoms with Crippen LogP contribution in [0.5, 0.6) is 0 Å². The molecule has 0 aliphatic heterocycles. The summed E-state index contributed by atoms with van der Waals surface area (Å²) in [4.78, 5) is 9.70. The van der Waals surface area contributed by atoms with Crippen LogP contribution in [0.3, 0.4) is 0 Å². The first-order valence-electron chi connectivity index (χ1n) is 6.35. The highest BCUT2D eigenvalue weighted by atomic mass is 32.1. The zero-order valence-electron chi connectivity index (χ0n) is 11.4. The number of aromatic nitrogens is 4. The monoisotopic (exact) mass is 285 g/mol. The Balaban J connectivity index is 1.83. The average Bonchev–Trinajstić information content (AvgIpc) is 3.07. The number of nitrogens with zero attached hydrogens (tertiary/aromatic N) is 4. The van der Waals surface area contributed by atoms with Gasteiger partial charge in [-0.25, -0.2) is 14.6 Å². The fraction of sp³-hybridized carbons (Fsp3) is 0.214. The van der Waals surface area contributed by atoms with E-state index in [1.54, 1.807) is 22.3 Å². The van der Waals surface area contributed by atoms with E-state index in [9.17, 15) is 0 Å². The van der Waals surface area contributed by atoms with Crippen molar-refractivity contribution < 1.29 is 0 Å². The Bertz CT molecular complexity index is 702. The molecule has 0 spiro atoms. The minimum Gasteiger partial charge on any atom is -0.378 e. The van der Waals surface area contributed by atoms with Gasteiger partial charge in [-0.15, -0.1) is 11.3 Å². The molecule has 3 aromatic rings. The normalized spacial score (nSPS) is 10.7. The van der Waals surface area contributed by atoms with Crippen molar-refractivity contribution >= 4 is 17.0 Å². The number of thiazole rings is 1. The second-order valence-corrected chi connectivity index (χ2v) is 5.74. The van der Waals surface area contributed by atoms with Crippen molar-refractivity contribution in [3.63, 3.8) is 0 Å². The van der Waals surface area contributed by atoms with Gasteiger partial charge in [0.2, 0.25) is 0 Å². The van der Waals surface area contributed by atoms with Crippen molar-refractivity contribution in [2.45, 2.75) is 20.4 Å². The third-order valence-electron chi connectivity index (χ3n) is 3.01. The summed E-state index contributed by atoms with van der Waals surface area (Å²) in [6.07, 6.45) is 3.23. The Morgan fingerprint density at radius 1 is 1.25 bits per heavy atom. The molecule has 102 valence electrons. The minimum atomic E-state index is 0.767. The molecule has 0 radical (unpaired) electrons. The van der Waals surface area contributed by atoms with Crippen LogP contribution < -0.4 is 5.32 Å². The first-order chi connectivity index (χ1) is 9.74. The van der Waals surface area contributed by atoms with Gasteiger partial charge < -0.3 is 5.32 Å². The van der Waals surface area contributed by atoms with Gasteiger partial charge in [0.05, 0.1) is 28.6 Å². The predicted molar refractivity (Wildman–Crippen MR) is 80.3 cm³/mol. The van der Waals surface area contributed by atoms with Gasteiger partial charge in [-0.2, -0.15) is 5.10 Å². The van der Waals surface area contributed by atoms with Crippen molar-refractivity contribution in [2.75, 3.05) is 5.32 Å². The average molecular weight is 285 g/mol. The molecule has 3 rings (SSSR count). The lowest BCUT2D eigenvalue weighted by Gasteiger charge is -2.11. The topological polar surface area (TPSA) is 55.6 Å². The largest absolute Gasteiger partial charge is 0.378 e. The summed E-state index contributed by atoms with van der Waals surface area (Å²) in [6, 6.07) is 8.06. The number of aryl methyl sites for hydroxylation is 2. The molecule has 1 aromatic carbocycles. The second-order valence-electron chi connectivity index (χ2n) is 4.45. The van der Waals surface area contributed by atoms with Crippen molar-refractivity contribution in [3.8, 4) is 5.69 Å². The number of hydrogen-bond donors (Lipinski definition) is 1. The molecule has 0 unspecified atom stereocenters. The molecular formula is C14H15N5S. The van der Waals surface area contributed by atoms with Gasteiger partial charge >= 0.3 is 0 Å². The van der Waals surface area contributed by atoms with Crippen LogP contribution in [0.2, 0.25) is 0 Å². The predicted octanol–water partition coefficient (Wildman–Crippen LogP) is 2.95. The number of benzene rings is 1. The summed E-state index contributed by atoms with van der Waals surface area (Å²) in [5, 5.41) is 8.73. The van der Waals surface area contributed by atoms with E-state index < -0.39 is 0 Å². The summed E-state index contributed by atoms with van der Waals surface area (Å²) in [6.45, 7) is 4.84. The molecule has 0 fully saturated rings. The van der Waals surface area contributed by atoms with Crippen LogP contribution in [0.4, 0.5) is 5.69 Å². The van der Waals surface area contributed by atoms with Gasteiger partial charge in [-0.1, -0.05) is 12.1 Å². The Morgan fingerprint density at radius 2 is 2.10 bits per heavy atom. The maximum Gasteiger partial charge on any atom is 0.138 e. The molecule has 6 heteroatoms. The number of anilines is 1. The smallest absolute Gasteiger partial charge is 0.138 e. The van der Waals surface area contributed by atoms with E-state index >= 15 is 0 Å². The van der Waals surface area contributed by atoms with E-state index in [4.69, 9.17) is 0 Å². The van der Waals surface area contributed by atoms with E-state index in [2.05, 4.69) is 20.4 Å². The summed E-state index contributed by atoms with van der Waals surface area (Å²) < 4.78 is 1.76. The van der Waals surface area contributed by atoms with Crippen molar-refractivity contribution in [1.29, 1.82) is 0 Å². The van der Waals surface area contributed by atoms with Gasteiger partial charge in [0.15, 0.2) is 0 Å². The molecule has 0 atom stereocenters. The van der Waals surface area contributed by atoms with E-state index in [0.717, 1.165) is 28.6 Å². The molecule has 0 bridgehead atoms. The lowest BCUT2D eigenvalue weighted by atomic mass is 10.2. The van der Waals surface area contributed by atoms with Gasteiger partial charge in [0.25, 0.3) is 0 Å². The summed E-state index contributed by atoms with van der Waals surface area (Å²) >= 11 is 1.73. The molecule has 0 aliphatic rings. The third-order valence-corrected chi connectivity index (χ3v) is 4.08. The molecule has 1 N–H and O–H groups in total. The van der Waals surface area contributed by atoms with Crippen LogP contribution >= 0.6 is 11.3 Å². The second kappa shape index (κ2) is 5.42. The van der Waals surface area contributed by atoms with E-state index in [1.807, 2.05) is 38.1 Å². The Morgan fingerprint density at radius 3 is 2.80 bits per heavy atom. The summed E-state index contributed by atoms with van der Waals surface area (Å²) in [7, 11) is 0. The molecule has 0 saturated heterocycles. The third kappa shape index (κ3) is 2.55. The SMILES string of the molecule is Cc1nc(C)c(CNc2ccccc2-n2cncn2)s1. The van der Waals surface area contributed by atoms with Crippen molar-refractivity contribution in [1.82, 2.24) is 19.7 Å². The van der Waals surface area contributed by atoms with Crippen molar-refractivity contribution in [3.05, 3.63) is 52.5 Å². The molecule has 2 heterocycles. The number of rotatable bonds is 4. The van der Waals surface area contributed by atoms with Gasteiger partial charge in [0.1, 0.15) is 12.7 Å². The number of para-hydroxylation sites is 2. The van der Waals surface area contributed by atoms with E-state index in [0.29, 0.717) is 0 Å². The van der Waals surface area contributed by atoms with Crippen molar-refractivity contribution in [2.24, 2.45) is 0 Å². The minimum absolute atomic E-state index is 0.767. The lowest BCUT2D eigenvalue weighted by molar-refractivity contribution is 0.878. The van der Waals surface area contributed by atoms with Crippen LogP contribution in [-0.4, -0.2) is 19.7 Å².